The van der Waals surface area contributed by atoms with Crippen LogP contribution in [0.15, 0.2) is 40.9 Å². The third-order valence-electron chi connectivity index (χ3n) is 3.85. The van der Waals surface area contributed by atoms with Gasteiger partial charge in [0, 0.05) is 37.7 Å². The zero-order valence-electron chi connectivity index (χ0n) is 12.3. The molecule has 0 radical (unpaired) electrons. The van der Waals surface area contributed by atoms with Gasteiger partial charge in [0.05, 0.1) is 12.8 Å². The van der Waals surface area contributed by atoms with Crippen molar-refractivity contribution in [3.63, 3.8) is 0 Å². The second-order valence-electron chi connectivity index (χ2n) is 5.47. The van der Waals surface area contributed by atoms with Crippen molar-refractivity contribution in [1.29, 1.82) is 0 Å². The van der Waals surface area contributed by atoms with E-state index < -0.39 is 11.6 Å². The van der Waals surface area contributed by atoms with Gasteiger partial charge in [0.1, 0.15) is 0 Å². The molecule has 0 amide bonds. The molecule has 2 aromatic rings. The van der Waals surface area contributed by atoms with Crippen LogP contribution in [0.5, 0.6) is 0 Å². The fraction of sp³-hybridized carbons (Fsp3) is 0.375. The third kappa shape index (κ3) is 2.87. The van der Waals surface area contributed by atoms with Crippen LogP contribution in [0.1, 0.15) is 12.1 Å². The van der Waals surface area contributed by atoms with E-state index in [-0.39, 0.29) is 13.0 Å². The van der Waals surface area contributed by atoms with Crippen molar-refractivity contribution < 1.29 is 18.4 Å². The second kappa shape index (κ2) is 5.88. The zero-order chi connectivity index (χ0) is 15.6. The number of carbonyl (C=O) groups is 1. The largest absolute Gasteiger partial charge is 0.467 e. The molecule has 1 aliphatic heterocycles. The summed E-state index contributed by atoms with van der Waals surface area (Å²) in [6, 6.07) is 11.5. The van der Waals surface area contributed by atoms with Crippen molar-refractivity contribution in [2.24, 2.45) is 0 Å². The van der Waals surface area contributed by atoms with Crippen LogP contribution in [0.25, 0.3) is 11.3 Å². The van der Waals surface area contributed by atoms with E-state index in [4.69, 9.17) is 4.52 Å². The highest BCUT2D eigenvalue weighted by Crippen LogP contribution is 2.28. The highest BCUT2D eigenvalue weighted by atomic mass is 19.1. The van der Waals surface area contributed by atoms with Crippen molar-refractivity contribution >= 4 is 5.97 Å². The Balaban J connectivity index is 1.66. The van der Waals surface area contributed by atoms with Crippen molar-refractivity contribution in [1.82, 2.24) is 10.1 Å². The second-order valence-corrected chi connectivity index (χ2v) is 5.47. The van der Waals surface area contributed by atoms with Crippen LogP contribution in [-0.2, 0) is 16.1 Å². The van der Waals surface area contributed by atoms with Crippen LogP contribution >= 0.6 is 0 Å². The van der Waals surface area contributed by atoms with E-state index in [2.05, 4.69) is 9.89 Å². The Labute approximate surface area is 127 Å². The highest BCUT2D eigenvalue weighted by molar-refractivity contribution is 5.80. The zero-order valence-corrected chi connectivity index (χ0v) is 12.3. The molecule has 0 unspecified atom stereocenters. The topological polar surface area (TPSA) is 55.6 Å². The van der Waals surface area contributed by atoms with E-state index in [0.29, 0.717) is 24.5 Å². The molecule has 5 nitrogen and oxygen atoms in total. The monoisotopic (exact) mass is 304 g/mol. The van der Waals surface area contributed by atoms with Gasteiger partial charge in [-0.2, -0.15) is 0 Å². The van der Waals surface area contributed by atoms with E-state index in [1.165, 1.54) is 7.11 Å². The van der Waals surface area contributed by atoms with E-state index in [1.54, 1.807) is 0 Å². The standard InChI is InChI=1S/C16H17FN2O3/c1-21-15(20)16(17)7-8-19(11-16)10-13-9-14(22-18-13)12-5-3-2-4-6-12/h2-6,9H,7-8,10-11H2,1H3/t16-/m1/s1. The first-order chi connectivity index (χ1) is 10.6. The molecule has 1 aromatic heterocycles. The summed E-state index contributed by atoms with van der Waals surface area (Å²) in [4.78, 5) is 13.3. The van der Waals surface area contributed by atoms with E-state index in [9.17, 15) is 9.18 Å². The normalized spacial score (nSPS) is 21.9. The summed E-state index contributed by atoms with van der Waals surface area (Å²) in [5.41, 5.74) is -0.258. The van der Waals surface area contributed by atoms with E-state index >= 15 is 0 Å². The Morgan fingerprint density at radius 1 is 1.45 bits per heavy atom. The Kier molecular flexibility index (Phi) is 3.94. The van der Waals surface area contributed by atoms with Crippen molar-refractivity contribution in [2.45, 2.75) is 18.6 Å². The molecule has 0 N–H and O–H groups in total. The average Bonchev–Trinajstić information content (AvgIpc) is 3.16. The van der Waals surface area contributed by atoms with Crippen LogP contribution in [-0.4, -0.2) is 41.9 Å². The number of aromatic nitrogens is 1. The van der Waals surface area contributed by atoms with Gasteiger partial charge in [0.2, 0.25) is 5.67 Å². The number of rotatable bonds is 4. The molecule has 1 saturated heterocycles. The fourth-order valence-electron chi connectivity index (χ4n) is 2.69. The number of esters is 1. The molecule has 0 saturated carbocycles. The molecular formula is C16H17FN2O3. The summed E-state index contributed by atoms with van der Waals surface area (Å²) < 4.78 is 24.2. The number of nitrogens with zero attached hydrogens (tertiary/aromatic N) is 2. The van der Waals surface area contributed by atoms with Crippen LogP contribution in [0.2, 0.25) is 0 Å². The predicted octanol–water partition coefficient (Wildman–Crippen LogP) is 2.43. The van der Waals surface area contributed by atoms with Crippen LogP contribution < -0.4 is 0 Å². The number of alkyl halides is 1. The van der Waals surface area contributed by atoms with Gasteiger partial charge in [-0.15, -0.1) is 0 Å². The summed E-state index contributed by atoms with van der Waals surface area (Å²) in [5, 5.41) is 4.01. The Bertz CT molecular complexity index is 658. The van der Waals surface area contributed by atoms with Crippen LogP contribution in [0.4, 0.5) is 4.39 Å². The van der Waals surface area contributed by atoms with Gasteiger partial charge in [-0.1, -0.05) is 35.5 Å². The Morgan fingerprint density at radius 3 is 2.95 bits per heavy atom. The molecular weight excluding hydrogens is 287 g/mol. The van der Waals surface area contributed by atoms with Gasteiger partial charge in [0.15, 0.2) is 5.76 Å². The van der Waals surface area contributed by atoms with Gasteiger partial charge in [-0.3, -0.25) is 4.90 Å². The molecule has 3 rings (SSSR count). The first-order valence-electron chi connectivity index (χ1n) is 7.11. The molecule has 1 aromatic carbocycles. The van der Waals surface area contributed by atoms with Crippen LogP contribution in [0, 0.1) is 0 Å². The third-order valence-corrected chi connectivity index (χ3v) is 3.85. The molecule has 0 spiro atoms. The lowest BCUT2D eigenvalue weighted by Gasteiger charge is -2.17. The molecule has 0 aliphatic carbocycles. The summed E-state index contributed by atoms with van der Waals surface area (Å²) in [7, 11) is 1.20. The maximum Gasteiger partial charge on any atom is 0.345 e. The van der Waals surface area contributed by atoms with E-state index in [0.717, 1.165) is 5.56 Å². The molecule has 0 bridgehead atoms. The first kappa shape index (κ1) is 14.7. The summed E-state index contributed by atoms with van der Waals surface area (Å²) >= 11 is 0. The van der Waals surface area contributed by atoms with Crippen molar-refractivity contribution in [3.8, 4) is 11.3 Å². The van der Waals surface area contributed by atoms with Crippen molar-refractivity contribution in [3.05, 3.63) is 42.1 Å². The van der Waals surface area contributed by atoms with Gasteiger partial charge < -0.3 is 9.26 Å². The predicted molar refractivity (Wildman–Crippen MR) is 77.7 cm³/mol. The van der Waals surface area contributed by atoms with E-state index in [1.807, 2.05) is 41.3 Å². The molecule has 6 heteroatoms. The quantitative estimate of drug-likeness (QED) is 0.812. The number of likely N-dealkylation sites (tertiary alicyclic amines) is 1. The lowest BCUT2D eigenvalue weighted by atomic mass is 10.1. The smallest absolute Gasteiger partial charge is 0.345 e. The molecule has 22 heavy (non-hydrogen) atoms. The minimum absolute atomic E-state index is 0.0210. The number of hydrogen-bond acceptors (Lipinski definition) is 5. The van der Waals surface area contributed by atoms with Gasteiger partial charge in [-0.25, -0.2) is 9.18 Å². The van der Waals surface area contributed by atoms with Gasteiger partial charge >= 0.3 is 5.97 Å². The number of methoxy groups -OCH3 is 1. The molecule has 1 atom stereocenters. The Morgan fingerprint density at radius 2 is 2.23 bits per heavy atom. The summed E-state index contributed by atoms with van der Waals surface area (Å²) in [6.07, 6.45) is 0.142. The van der Waals surface area contributed by atoms with Crippen molar-refractivity contribution in [2.75, 3.05) is 20.2 Å². The Hall–Kier alpha value is -2.21. The molecule has 1 fully saturated rings. The maximum atomic E-state index is 14.4. The minimum Gasteiger partial charge on any atom is -0.467 e. The summed E-state index contributed by atoms with van der Waals surface area (Å²) in [5.74, 6) is -0.130. The molecule has 2 heterocycles. The maximum absolute atomic E-state index is 14.4. The lowest BCUT2D eigenvalue weighted by Crippen LogP contribution is -2.38. The number of halogens is 1. The van der Waals surface area contributed by atoms with Gasteiger partial charge in [-0.05, 0) is 0 Å². The molecule has 116 valence electrons. The van der Waals surface area contributed by atoms with Gasteiger partial charge in [0.25, 0.3) is 0 Å². The number of carbonyl (C=O) groups excluding carboxylic acids is 1. The molecule has 1 aliphatic rings. The SMILES string of the molecule is COC(=O)[C@@]1(F)CCN(Cc2cc(-c3ccccc3)on2)C1. The fourth-order valence-corrected chi connectivity index (χ4v) is 2.69. The lowest BCUT2D eigenvalue weighted by molar-refractivity contribution is -0.153. The number of ether oxygens (including phenoxy) is 1. The van der Waals surface area contributed by atoms with Crippen LogP contribution in [0.3, 0.4) is 0 Å². The summed E-state index contributed by atoms with van der Waals surface area (Å²) in [6.45, 7) is 0.950. The number of hydrogen-bond donors (Lipinski definition) is 0. The average molecular weight is 304 g/mol. The highest BCUT2D eigenvalue weighted by Gasteiger charge is 2.46. The number of benzene rings is 1. The first-order valence-corrected chi connectivity index (χ1v) is 7.11. The minimum atomic E-state index is -1.92.